The zero-order chi connectivity index (χ0) is 21.9. The van der Waals surface area contributed by atoms with E-state index in [0.29, 0.717) is 11.7 Å². The van der Waals surface area contributed by atoms with E-state index in [-0.39, 0.29) is 16.9 Å². The van der Waals surface area contributed by atoms with Crippen LogP contribution in [0.15, 0.2) is 24.0 Å². The fourth-order valence-electron chi connectivity index (χ4n) is 5.46. The summed E-state index contributed by atoms with van der Waals surface area (Å²) < 4.78 is 11.8. The highest BCUT2D eigenvalue weighted by molar-refractivity contribution is 9.09. The molecule has 168 valence electrons. The Morgan fingerprint density at radius 1 is 1.23 bits per heavy atom. The lowest BCUT2D eigenvalue weighted by Crippen LogP contribution is -2.46. The summed E-state index contributed by atoms with van der Waals surface area (Å²) in [5.74, 6) is 1.96. The number of benzene rings is 1. The van der Waals surface area contributed by atoms with Gasteiger partial charge in [-0.05, 0) is 74.6 Å². The van der Waals surface area contributed by atoms with Crippen molar-refractivity contribution in [2.24, 2.45) is 5.92 Å². The third-order valence-corrected chi connectivity index (χ3v) is 7.81. The monoisotopic (exact) mass is 478 g/mol. The molecule has 0 bridgehead atoms. The van der Waals surface area contributed by atoms with E-state index in [4.69, 9.17) is 9.47 Å². The maximum atomic E-state index is 11.1. The highest BCUT2D eigenvalue weighted by Crippen LogP contribution is 2.56. The summed E-state index contributed by atoms with van der Waals surface area (Å²) in [5.41, 5.74) is 3.28. The molecule has 0 spiro atoms. The number of aromatic hydroxyl groups is 1. The molecule has 0 radical (unpaired) electrons. The average Bonchev–Trinajstić information content (AvgIpc) is 2.67. The predicted molar refractivity (Wildman–Crippen MR) is 128 cm³/mol. The summed E-state index contributed by atoms with van der Waals surface area (Å²) in [6, 6.07) is 4.21. The van der Waals surface area contributed by atoms with Crippen molar-refractivity contribution in [3.05, 3.63) is 35.1 Å². The summed E-state index contributed by atoms with van der Waals surface area (Å²) in [7, 11) is 1.71. The van der Waals surface area contributed by atoms with Crippen molar-refractivity contribution in [3.63, 3.8) is 0 Å². The maximum absolute atomic E-state index is 11.1. The number of phenols is 1. The smallest absolute Gasteiger partial charge is 0.127 e. The lowest BCUT2D eigenvalue weighted by molar-refractivity contribution is -0.00142. The average molecular weight is 479 g/mol. The van der Waals surface area contributed by atoms with E-state index in [1.54, 1.807) is 7.11 Å². The Balaban J connectivity index is 1.87. The number of fused-ring (bicyclic) bond motifs is 3. The van der Waals surface area contributed by atoms with Crippen LogP contribution in [0.5, 0.6) is 11.5 Å². The van der Waals surface area contributed by atoms with E-state index in [1.807, 2.05) is 12.3 Å². The quantitative estimate of drug-likeness (QED) is 0.237. The van der Waals surface area contributed by atoms with Gasteiger partial charge in [-0.1, -0.05) is 49.0 Å². The molecule has 3 rings (SSSR count). The number of methoxy groups -OCH3 is 1. The van der Waals surface area contributed by atoms with Crippen LogP contribution in [0.25, 0.3) is 0 Å². The van der Waals surface area contributed by atoms with Crippen LogP contribution in [-0.4, -0.2) is 23.1 Å². The fraction of sp³-hybridized carbons (Fsp3) is 0.692. The molecule has 0 saturated heterocycles. The van der Waals surface area contributed by atoms with Gasteiger partial charge in [-0.2, -0.15) is 0 Å². The lowest BCUT2D eigenvalue weighted by Gasteiger charge is -2.48. The van der Waals surface area contributed by atoms with Gasteiger partial charge in [0.05, 0.1) is 13.4 Å². The molecule has 4 heteroatoms. The Labute approximate surface area is 191 Å². The molecule has 2 atom stereocenters. The highest BCUT2D eigenvalue weighted by atomic mass is 79.9. The number of rotatable bonds is 8. The van der Waals surface area contributed by atoms with Crippen LogP contribution in [0.4, 0.5) is 0 Å². The van der Waals surface area contributed by atoms with Crippen LogP contribution in [0.3, 0.4) is 0 Å². The molecule has 1 aliphatic heterocycles. The molecular weight excluding hydrogens is 440 g/mol. The van der Waals surface area contributed by atoms with Crippen LogP contribution in [0, 0.1) is 5.92 Å². The van der Waals surface area contributed by atoms with Crippen LogP contribution < -0.4 is 4.74 Å². The normalized spacial score (nSPS) is 24.1. The van der Waals surface area contributed by atoms with Crippen molar-refractivity contribution in [2.75, 3.05) is 12.4 Å². The molecule has 1 saturated carbocycles. The second-order valence-electron chi connectivity index (χ2n) is 10.3. The summed E-state index contributed by atoms with van der Waals surface area (Å²) in [5, 5.41) is 12.2. The predicted octanol–water partition coefficient (Wildman–Crippen LogP) is 7.60. The summed E-state index contributed by atoms with van der Waals surface area (Å²) in [4.78, 5) is 0. The van der Waals surface area contributed by atoms with Gasteiger partial charge in [0.1, 0.15) is 17.1 Å². The Kier molecular flexibility index (Phi) is 7.48. The first kappa shape index (κ1) is 23.5. The van der Waals surface area contributed by atoms with Gasteiger partial charge in [-0.3, -0.25) is 0 Å². The topological polar surface area (TPSA) is 38.7 Å². The lowest BCUT2D eigenvalue weighted by atomic mass is 9.65. The fourth-order valence-corrected chi connectivity index (χ4v) is 5.85. The standard InChI is InChI=1S/C26H39BrO3/c1-25(2,12-8-6-7-9-13-27)19-15-22(28)24-20-14-18(17-29-5)10-11-21(20)26(3,4)30-23(24)16-19/h15-17,20-21,28H,6-14H2,1-5H3/b18-17+/t20-,21?/m1/s1. The number of ether oxygens (including phenoxy) is 2. The molecule has 1 unspecified atom stereocenters. The van der Waals surface area contributed by atoms with Gasteiger partial charge < -0.3 is 14.6 Å². The summed E-state index contributed by atoms with van der Waals surface area (Å²) in [6.45, 7) is 8.99. The van der Waals surface area contributed by atoms with E-state index < -0.39 is 0 Å². The molecule has 0 aromatic heterocycles. The van der Waals surface area contributed by atoms with Crippen molar-refractivity contribution in [2.45, 2.75) is 96.0 Å². The van der Waals surface area contributed by atoms with E-state index in [2.05, 4.69) is 49.7 Å². The molecule has 2 aliphatic rings. The number of hydrogen-bond donors (Lipinski definition) is 1. The van der Waals surface area contributed by atoms with Crippen LogP contribution in [0.2, 0.25) is 0 Å². The van der Waals surface area contributed by atoms with Crippen molar-refractivity contribution in [1.29, 1.82) is 0 Å². The molecule has 1 heterocycles. The van der Waals surface area contributed by atoms with Gasteiger partial charge in [0, 0.05) is 22.7 Å². The summed E-state index contributed by atoms with van der Waals surface area (Å²) in [6.07, 6.45) is 11.0. The van der Waals surface area contributed by atoms with Crippen molar-refractivity contribution >= 4 is 15.9 Å². The number of hydrogen-bond acceptors (Lipinski definition) is 3. The van der Waals surface area contributed by atoms with E-state index in [0.717, 1.165) is 42.3 Å². The second-order valence-corrected chi connectivity index (χ2v) is 11.1. The van der Waals surface area contributed by atoms with Gasteiger partial charge in [-0.25, -0.2) is 0 Å². The number of halogens is 1. The van der Waals surface area contributed by atoms with Crippen molar-refractivity contribution in [3.8, 4) is 11.5 Å². The van der Waals surface area contributed by atoms with Crippen LogP contribution in [-0.2, 0) is 10.2 Å². The summed E-state index contributed by atoms with van der Waals surface area (Å²) >= 11 is 3.51. The van der Waals surface area contributed by atoms with Crippen molar-refractivity contribution in [1.82, 2.24) is 0 Å². The van der Waals surface area contributed by atoms with E-state index in [1.165, 1.54) is 36.8 Å². The molecule has 1 aromatic carbocycles. The Morgan fingerprint density at radius 2 is 1.97 bits per heavy atom. The molecule has 1 aliphatic carbocycles. The number of unbranched alkanes of at least 4 members (excludes halogenated alkanes) is 3. The number of allylic oxidation sites excluding steroid dienone is 1. The minimum absolute atomic E-state index is 0.0128. The largest absolute Gasteiger partial charge is 0.508 e. The van der Waals surface area contributed by atoms with Gasteiger partial charge in [0.2, 0.25) is 0 Å². The van der Waals surface area contributed by atoms with Gasteiger partial charge >= 0.3 is 0 Å². The molecule has 1 aromatic rings. The maximum Gasteiger partial charge on any atom is 0.127 e. The number of phenolic OH excluding ortho intramolecular Hbond substituents is 1. The van der Waals surface area contributed by atoms with E-state index in [9.17, 15) is 5.11 Å². The Morgan fingerprint density at radius 3 is 2.67 bits per heavy atom. The van der Waals surface area contributed by atoms with Crippen LogP contribution in [0.1, 0.15) is 96.1 Å². The molecule has 0 amide bonds. The van der Waals surface area contributed by atoms with Gasteiger partial charge in [0.15, 0.2) is 0 Å². The molecule has 3 nitrogen and oxygen atoms in total. The third kappa shape index (κ3) is 5.00. The Hall–Kier alpha value is -1.16. The minimum atomic E-state index is -0.235. The molecule has 1 N–H and O–H groups in total. The highest BCUT2D eigenvalue weighted by Gasteiger charge is 2.47. The zero-order valence-electron chi connectivity index (χ0n) is 19.4. The minimum Gasteiger partial charge on any atom is -0.508 e. The van der Waals surface area contributed by atoms with Crippen LogP contribution >= 0.6 is 15.9 Å². The Bertz CT molecular complexity index is 766. The second kappa shape index (κ2) is 9.54. The SMILES string of the molecule is CO/C=C1\CCC2[C@@H](C1)c1c(O)cc(C(C)(C)CCCCCCBr)cc1OC2(C)C. The first-order valence-electron chi connectivity index (χ1n) is 11.5. The van der Waals surface area contributed by atoms with Gasteiger partial charge in [-0.15, -0.1) is 0 Å². The molecule has 1 fully saturated rings. The number of alkyl halides is 1. The van der Waals surface area contributed by atoms with E-state index >= 15 is 0 Å². The van der Waals surface area contributed by atoms with Crippen molar-refractivity contribution < 1.29 is 14.6 Å². The molecular formula is C26H39BrO3. The molecule has 30 heavy (non-hydrogen) atoms. The van der Waals surface area contributed by atoms with Gasteiger partial charge in [0.25, 0.3) is 0 Å². The first-order valence-corrected chi connectivity index (χ1v) is 12.6. The first-order chi connectivity index (χ1) is 14.2. The third-order valence-electron chi connectivity index (χ3n) is 7.25. The zero-order valence-corrected chi connectivity index (χ0v) is 21.0.